The van der Waals surface area contributed by atoms with Gasteiger partial charge >= 0.3 is 0 Å². The summed E-state index contributed by atoms with van der Waals surface area (Å²) in [6.45, 7) is 5.94. The van der Waals surface area contributed by atoms with Gasteiger partial charge in [-0.15, -0.1) is 11.3 Å². The standard InChI is InChI=1S/C18H18N4O2S2/c1-9-10(2)25-17-14(9)18(21-8-20-17)26-11(3)16(24)22-13-6-4-12(5-7-13)15(19)23/h4-8,11H,1-3H3,(H2,19,23)(H,22,24)/t11-/m0/s1. The number of carbonyl (C=O) groups is 2. The lowest BCUT2D eigenvalue weighted by molar-refractivity contribution is -0.115. The van der Waals surface area contributed by atoms with E-state index in [9.17, 15) is 9.59 Å². The van der Waals surface area contributed by atoms with Crippen molar-refractivity contribution in [2.45, 2.75) is 31.0 Å². The summed E-state index contributed by atoms with van der Waals surface area (Å²) in [5, 5.41) is 4.33. The molecule has 6 nitrogen and oxygen atoms in total. The Hall–Kier alpha value is -2.45. The van der Waals surface area contributed by atoms with Gasteiger partial charge in [0, 0.05) is 21.5 Å². The minimum Gasteiger partial charge on any atom is -0.366 e. The number of thioether (sulfide) groups is 1. The Balaban J connectivity index is 1.74. The summed E-state index contributed by atoms with van der Waals surface area (Å²) in [5.74, 6) is -0.640. The Morgan fingerprint density at radius 2 is 1.88 bits per heavy atom. The molecule has 2 heterocycles. The summed E-state index contributed by atoms with van der Waals surface area (Å²) in [7, 11) is 0. The maximum atomic E-state index is 12.5. The third-order valence-electron chi connectivity index (χ3n) is 4.03. The van der Waals surface area contributed by atoms with E-state index in [0.717, 1.165) is 20.8 Å². The maximum Gasteiger partial charge on any atom is 0.248 e. The lowest BCUT2D eigenvalue weighted by Gasteiger charge is -2.12. The number of nitrogens with one attached hydrogen (secondary N) is 1. The predicted molar refractivity (Wildman–Crippen MR) is 106 cm³/mol. The number of aryl methyl sites for hydroxylation is 2. The quantitative estimate of drug-likeness (QED) is 0.516. The Labute approximate surface area is 159 Å². The molecule has 3 rings (SSSR count). The van der Waals surface area contributed by atoms with E-state index in [1.807, 2.05) is 13.8 Å². The highest BCUT2D eigenvalue weighted by atomic mass is 32.2. The number of nitrogens with two attached hydrogens (primary N) is 1. The topological polar surface area (TPSA) is 98.0 Å². The monoisotopic (exact) mass is 386 g/mol. The number of fused-ring (bicyclic) bond motifs is 1. The summed E-state index contributed by atoms with van der Waals surface area (Å²) >= 11 is 3.04. The van der Waals surface area contributed by atoms with Crippen molar-refractivity contribution in [1.82, 2.24) is 9.97 Å². The Kier molecular flexibility index (Phi) is 5.24. The first-order chi connectivity index (χ1) is 12.4. The molecule has 0 spiro atoms. The van der Waals surface area contributed by atoms with Crippen molar-refractivity contribution < 1.29 is 9.59 Å². The van der Waals surface area contributed by atoms with Gasteiger partial charge in [0.05, 0.1) is 5.25 Å². The first-order valence-corrected chi connectivity index (χ1v) is 9.64. The second kappa shape index (κ2) is 7.43. The fraction of sp³-hybridized carbons (Fsp3) is 0.222. The minimum atomic E-state index is -0.499. The van der Waals surface area contributed by atoms with Crippen LogP contribution in [0, 0.1) is 13.8 Å². The van der Waals surface area contributed by atoms with Gasteiger partial charge in [-0.3, -0.25) is 9.59 Å². The van der Waals surface area contributed by atoms with Gasteiger partial charge in [0.2, 0.25) is 11.8 Å². The van der Waals surface area contributed by atoms with E-state index in [0.29, 0.717) is 11.3 Å². The van der Waals surface area contributed by atoms with Crippen molar-refractivity contribution in [1.29, 1.82) is 0 Å². The number of aromatic nitrogens is 2. The molecule has 0 fully saturated rings. The van der Waals surface area contributed by atoms with Gasteiger partial charge in [-0.25, -0.2) is 9.97 Å². The zero-order chi connectivity index (χ0) is 18.8. The van der Waals surface area contributed by atoms with E-state index >= 15 is 0 Å². The second-order valence-corrected chi connectivity index (χ2v) is 8.37. The molecule has 0 saturated carbocycles. The molecule has 0 bridgehead atoms. The van der Waals surface area contributed by atoms with E-state index in [2.05, 4.69) is 22.2 Å². The largest absolute Gasteiger partial charge is 0.366 e. The average molecular weight is 387 g/mol. The van der Waals surface area contributed by atoms with Crippen LogP contribution >= 0.6 is 23.1 Å². The molecule has 1 aromatic carbocycles. The normalized spacial score (nSPS) is 12.1. The molecule has 8 heteroatoms. The van der Waals surface area contributed by atoms with Gasteiger partial charge in [-0.1, -0.05) is 11.8 Å². The molecule has 0 saturated heterocycles. The summed E-state index contributed by atoms with van der Waals surface area (Å²) < 4.78 is 0. The molecular formula is C18H18N4O2S2. The fourth-order valence-corrected chi connectivity index (χ4v) is 4.46. The van der Waals surface area contributed by atoms with Crippen LogP contribution in [0.4, 0.5) is 5.69 Å². The number of hydrogen-bond donors (Lipinski definition) is 2. The number of nitrogens with zero attached hydrogens (tertiary/aromatic N) is 2. The number of rotatable bonds is 5. The van der Waals surface area contributed by atoms with E-state index < -0.39 is 5.91 Å². The van der Waals surface area contributed by atoms with Crippen molar-refractivity contribution in [3.05, 3.63) is 46.6 Å². The highest BCUT2D eigenvalue weighted by Gasteiger charge is 2.19. The zero-order valence-electron chi connectivity index (χ0n) is 14.6. The smallest absolute Gasteiger partial charge is 0.248 e. The SMILES string of the molecule is Cc1sc2ncnc(S[C@@H](C)C(=O)Nc3ccc(C(N)=O)cc3)c2c1C. The highest BCUT2D eigenvalue weighted by Crippen LogP contribution is 2.36. The van der Waals surface area contributed by atoms with E-state index in [4.69, 9.17) is 5.73 Å². The molecule has 0 aliphatic rings. The van der Waals surface area contributed by atoms with Crippen molar-refractivity contribution in [2.75, 3.05) is 5.32 Å². The molecule has 1 atom stereocenters. The van der Waals surface area contributed by atoms with Crippen LogP contribution in [0.5, 0.6) is 0 Å². The molecule has 0 unspecified atom stereocenters. The Morgan fingerprint density at radius 1 is 1.19 bits per heavy atom. The third kappa shape index (κ3) is 3.71. The molecule has 3 aromatic rings. The van der Waals surface area contributed by atoms with Crippen LogP contribution < -0.4 is 11.1 Å². The fourth-order valence-electron chi connectivity index (χ4n) is 2.42. The van der Waals surface area contributed by atoms with Crippen LogP contribution in [0.3, 0.4) is 0 Å². The molecule has 0 radical (unpaired) electrons. The van der Waals surface area contributed by atoms with E-state index in [-0.39, 0.29) is 11.2 Å². The van der Waals surface area contributed by atoms with Crippen molar-refractivity contribution in [2.24, 2.45) is 5.73 Å². The first-order valence-electron chi connectivity index (χ1n) is 7.95. The van der Waals surface area contributed by atoms with Crippen LogP contribution in [-0.2, 0) is 4.79 Å². The average Bonchev–Trinajstić information content (AvgIpc) is 2.90. The Bertz CT molecular complexity index is 983. The molecule has 0 aliphatic heterocycles. The molecule has 134 valence electrons. The lowest BCUT2D eigenvalue weighted by Crippen LogP contribution is -2.22. The van der Waals surface area contributed by atoms with Gasteiger partial charge in [-0.05, 0) is 50.6 Å². The van der Waals surface area contributed by atoms with Crippen LogP contribution in [0.1, 0.15) is 27.7 Å². The Morgan fingerprint density at radius 3 is 2.54 bits per heavy atom. The van der Waals surface area contributed by atoms with Gasteiger partial charge in [-0.2, -0.15) is 0 Å². The molecule has 2 amide bonds. The molecule has 0 aliphatic carbocycles. The number of anilines is 1. The molecule has 26 heavy (non-hydrogen) atoms. The number of hydrogen-bond acceptors (Lipinski definition) is 6. The second-order valence-electron chi connectivity index (χ2n) is 5.83. The summed E-state index contributed by atoms with van der Waals surface area (Å²) in [4.78, 5) is 34.4. The van der Waals surface area contributed by atoms with E-state index in [1.54, 1.807) is 35.6 Å². The first kappa shape index (κ1) is 18.3. The van der Waals surface area contributed by atoms with Gasteiger partial charge in [0.15, 0.2) is 0 Å². The molecule has 2 aromatic heterocycles. The number of primary amides is 1. The number of amides is 2. The van der Waals surface area contributed by atoms with Crippen LogP contribution in [0.2, 0.25) is 0 Å². The summed E-state index contributed by atoms with van der Waals surface area (Å²) in [6.07, 6.45) is 1.53. The number of thiophene rings is 1. The van der Waals surface area contributed by atoms with Gasteiger partial charge < -0.3 is 11.1 Å². The minimum absolute atomic E-state index is 0.141. The molecular weight excluding hydrogens is 368 g/mol. The van der Waals surface area contributed by atoms with Crippen LogP contribution in [0.25, 0.3) is 10.2 Å². The van der Waals surface area contributed by atoms with Crippen LogP contribution in [0.15, 0.2) is 35.6 Å². The third-order valence-corrected chi connectivity index (χ3v) is 6.24. The predicted octanol–water partition coefficient (Wildman–Crippen LogP) is 3.53. The lowest BCUT2D eigenvalue weighted by atomic mass is 10.2. The van der Waals surface area contributed by atoms with Gasteiger partial charge in [0.25, 0.3) is 0 Å². The summed E-state index contributed by atoms with van der Waals surface area (Å²) in [5.41, 5.74) is 7.39. The maximum absolute atomic E-state index is 12.5. The van der Waals surface area contributed by atoms with Gasteiger partial charge in [0.1, 0.15) is 16.2 Å². The van der Waals surface area contributed by atoms with Crippen molar-refractivity contribution in [3.63, 3.8) is 0 Å². The van der Waals surface area contributed by atoms with Crippen molar-refractivity contribution >= 4 is 50.8 Å². The zero-order valence-corrected chi connectivity index (χ0v) is 16.2. The number of carbonyl (C=O) groups excluding carboxylic acids is 2. The number of benzene rings is 1. The summed E-state index contributed by atoms with van der Waals surface area (Å²) in [6, 6.07) is 6.48. The molecule has 3 N–H and O–H groups in total. The highest BCUT2D eigenvalue weighted by molar-refractivity contribution is 8.00. The van der Waals surface area contributed by atoms with Crippen LogP contribution in [-0.4, -0.2) is 27.0 Å². The van der Waals surface area contributed by atoms with Crippen molar-refractivity contribution in [3.8, 4) is 0 Å². The van der Waals surface area contributed by atoms with E-state index in [1.165, 1.54) is 23.0 Å².